The van der Waals surface area contributed by atoms with Crippen LogP contribution in [0.4, 0.5) is 11.5 Å². The second-order valence-electron chi connectivity index (χ2n) is 12.2. The molecular formula is C33H46N4O2S. The molecule has 1 aliphatic rings. The molecule has 1 aliphatic heterocycles. The molecule has 0 saturated carbocycles. The van der Waals surface area contributed by atoms with Crippen molar-refractivity contribution in [1.29, 1.82) is 0 Å². The molecule has 0 atom stereocenters. The number of hydrogen-bond acceptors (Lipinski definition) is 6. The van der Waals surface area contributed by atoms with Gasteiger partial charge in [-0.15, -0.1) is 11.3 Å². The topological polar surface area (TPSA) is 56.8 Å². The van der Waals surface area contributed by atoms with Crippen LogP contribution in [-0.4, -0.2) is 60.0 Å². The van der Waals surface area contributed by atoms with Gasteiger partial charge in [-0.1, -0.05) is 40.2 Å². The molecule has 0 unspecified atom stereocenters. The first kappa shape index (κ1) is 30.2. The van der Waals surface area contributed by atoms with Crippen LogP contribution in [0.5, 0.6) is 0 Å². The summed E-state index contributed by atoms with van der Waals surface area (Å²) in [5, 5.41) is 1.93. The number of carbonyl (C=O) groups excluding carboxylic acids is 1. The van der Waals surface area contributed by atoms with Crippen LogP contribution in [0.25, 0.3) is 10.2 Å². The Hall–Kier alpha value is -2.77. The number of carbonyl (C=O) groups is 1. The summed E-state index contributed by atoms with van der Waals surface area (Å²) >= 11 is 1.44. The third-order valence-corrected chi connectivity index (χ3v) is 8.48. The highest BCUT2D eigenvalue weighted by molar-refractivity contribution is 7.17. The van der Waals surface area contributed by atoms with E-state index in [1.807, 2.05) is 35.4 Å². The fourth-order valence-corrected chi connectivity index (χ4v) is 6.43. The number of likely N-dealkylation sites (tertiary alicyclic amines) is 1. The average Bonchev–Trinajstić information content (AvgIpc) is 3.34. The maximum absolute atomic E-state index is 13.8. The van der Waals surface area contributed by atoms with Crippen LogP contribution in [0.15, 0.2) is 40.5 Å². The Balaban J connectivity index is 1.75. The first-order chi connectivity index (χ1) is 19.1. The molecule has 0 N–H and O–H groups in total. The number of anilines is 2. The molecule has 3 aromatic rings. The molecule has 0 aliphatic carbocycles. The van der Waals surface area contributed by atoms with Gasteiger partial charge < -0.3 is 14.7 Å². The minimum Gasteiger partial charge on any atom is -0.338 e. The number of rotatable bonds is 11. The van der Waals surface area contributed by atoms with E-state index in [-0.39, 0.29) is 11.3 Å². The van der Waals surface area contributed by atoms with E-state index in [9.17, 15) is 9.59 Å². The van der Waals surface area contributed by atoms with Crippen LogP contribution in [0.3, 0.4) is 0 Å². The zero-order chi connectivity index (χ0) is 28.8. The third kappa shape index (κ3) is 7.49. The fourth-order valence-electron chi connectivity index (χ4n) is 5.69. The quantitative estimate of drug-likeness (QED) is 0.251. The summed E-state index contributed by atoms with van der Waals surface area (Å²) in [6, 6.07) is 9.71. The SMILES string of the molecule is Cc1ccc(C(=O)N(CC(C)C)CC(C)C)cc1N(CCCN1CCCCC1)c1nc2ccsc2c(=O)cc1C. The number of nitrogens with zero attached hydrogens (tertiary/aromatic N) is 4. The number of aromatic nitrogens is 1. The highest BCUT2D eigenvalue weighted by atomic mass is 32.1. The second kappa shape index (κ2) is 13.7. The summed E-state index contributed by atoms with van der Waals surface area (Å²) in [6.07, 6.45) is 4.84. The van der Waals surface area contributed by atoms with Crippen molar-refractivity contribution in [1.82, 2.24) is 14.8 Å². The molecule has 0 spiro atoms. The van der Waals surface area contributed by atoms with Gasteiger partial charge in [0.2, 0.25) is 0 Å². The summed E-state index contributed by atoms with van der Waals surface area (Å²) < 4.78 is 0.682. The number of thiophene rings is 1. The molecule has 1 fully saturated rings. The van der Waals surface area contributed by atoms with Gasteiger partial charge in [-0.3, -0.25) is 9.59 Å². The highest BCUT2D eigenvalue weighted by Gasteiger charge is 2.22. The van der Waals surface area contributed by atoms with Gasteiger partial charge in [0.15, 0.2) is 5.43 Å². The Morgan fingerprint density at radius 3 is 2.35 bits per heavy atom. The highest BCUT2D eigenvalue weighted by Crippen LogP contribution is 2.32. The molecule has 6 nitrogen and oxygen atoms in total. The van der Waals surface area contributed by atoms with Gasteiger partial charge in [-0.2, -0.15) is 0 Å². The Morgan fingerprint density at radius 2 is 1.68 bits per heavy atom. The average molecular weight is 563 g/mol. The standard InChI is InChI=1S/C33H46N4O2S/c1-23(2)21-36(22-24(3)4)33(39)27-12-11-25(5)29(20-27)37(17-10-16-35-14-8-7-9-15-35)32-26(6)19-30(38)31-28(34-32)13-18-40-31/h11-13,18-20,23-24H,7-10,14-17,21-22H2,1-6H3. The van der Waals surface area contributed by atoms with Crippen LogP contribution in [0.2, 0.25) is 0 Å². The van der Waals surface area contributed by atoms with Crippen LogP contribution in [0.1, 0.15) is 74.9 Å². The van der Waals surface area contributed by atoms with E-state index in [0.29, 0.717) is 22.1 Å². The molecule has 7 heteroatoms. The summed E-state index contributed by atoms with van der Waals surface area (Å²) in [4.78, 5) is 38.6. The van der Waals surface area contributed by atoms with E-state index in [1.165, 1.54) is 30.6 Å². The minimum absolute atomic E-state index is 0.00757. The summed E-state index contributed by atoms with van der Waals surface area (Å²) in [5.74, 6) is 1.65. The molecule has 1 saturated heterocycles. The lowest BCUT2D eigenvalue weighted by Gasteiger charge is -2.31. The fraction of sp³-hybridized carbons (Fsp3) is 0.545. The van der Waals surface area contributed by atoms with Crippen molar-refractivity contribution in [3.05, 3.63) is 62.6 Å². The summed E-state index contributed by atoms with van der Waals surface area (Å²) in [6.45, 7) is 18.3. The molecule has 1 amide bonds. The summed E-state index contributed by atoms with van der Waals surface area (Å²) in [5.41, 5.74) is 4.36. The summed E-state index contributed by atoms with van der Waals surface area (Å²) in [7, 11) is 0. The monoisotopic (exact) mass is 562 g/mol. The molecule has 3 heterocycles. The zero-order valence-electron chi connectivity index (χ0n) is 25.2. The van der Waals surface area contributed by atoms with Crippen molar-refractivity contribution < 1.29 is 4.79 Å². The largest absolute Gasteiger partial charge is 0.338 e. The lowest BCUT2D eigenvalue weighted by Crippen LogP contribution is -2.37. The van der Waals surface area contributed by atoms with Gasteiger partial charge in [0.05, 0.1) is 5.52 Å². The molecule has 216 valence electrons. The van der Waals surface area contributed by atoms with E-state index in [4.69, 9.17) is 4.98 Å². The van der Waals surface area contributed by atoms with Crippen molar-refractivity contribution in [3.63, 3.8) is 0 Å². The number of hydrogen-bond donors (Lipinski definition) is 0. The van der Waals surface area contributed by atoms with Gasteiger partial charge in [-0.05, 0) is 105 Å². The zero-order valence-corrected chi connectivity index (χ0v) is 26.0. The molecule has 1 aromatic carbocycles. The van der Waals surface area contributed by atoms with Gasteiger partial charge in [0.25, 0.3) is 5.91 Å². The smallest absolute Gasteiger partial charge is 0.253 e. The van der Waals surface area contributed by atoms with Gasteiger partial charge in [0, 0.05) is 30.9 Å². The predicted molar refractivity (Wildman–Crippen MR) is 169 cm³/mol. The number of fused-ring (bicyclic) bond motifs is 1. The van der Waals surface area contributed by atoms with Crippen molar-refractivity contribution in [2.45, 2.75) is 67.2 Å². The van der Waals surface area contributed by atoms with E-state index >= 15 is 0 Å². The minimum atomic E-state index is 0.00757. The molecular weight excluding hydrogens is 516 g/mol. The predicted octanol–water partition coefficient (Wildman–Crippen LogP) is 7.04. The number of amides is 1. The van der Waals surface area contributed by atoms with E-state index < -0.39 is 0 Å². The lowest BCUT2D eigenvalue weighted by atomic mass is 10.0. The van der Waals surface area contributed by atoms with Crippen molar-refractivity contribution in [3.8, 4) is 0 Å². The normalized spacial score (nSPS) is 14.3. The molecule has 4 rings (SSSR count). The van der Waals surface area contributed by atoms with Crippen LogP contribution < -0.4 is 10.3 Å². The van der Waals surface area contributed by atoms with Gasteiger partial charge in [-0.25, -0.2) is 4.98 Å². The van der Waals surface area contributed by atoms with Crippen LogP contribution in [0, 0.1) is 25.7 Å². The number of piperidine rings is 1. The lowest BCUT2D eigenvalue weighted by molar-refractivity contribution is 0.0715. The second-order valence-corrected chi connectivity index (χ2v) is 13.1. The van der Waals surface area contributed by atoms with Crippen molar-refractivity contribution >= 4 is 39.0 Å². The Bertz CT molecular complexity index is 1350. The Morgan fingerprint density at radius 1 is 0.975 bits per heavy atom. The van der Waals surface area contributed by atoms with Crippen LogP contribution >= 0.6 is 11.3 Å². The Kier molecular flexibility index (Phi) is 10.4. The van der Waals surface area contributed by atoms with Gasteiger partial charge >= 0.3 is 0 Å². The van der Waals surface area contributed by atoms with Gasteiger partial charge in [0.1, 0.15) is 10.5 Å². The first-order valence-corrected chi connectivity index (χ1v) is 15.8. The van der Waals surface area contributed by atoms with Crippen LogP contribution in [-0.2, 0) is 0 Å². The maximum atomic E-state index is 13.8. The van der Waals surface area contributed by atoms with E-state index in [0.717, 1.165) is 73.8 Å². The molecule has 0 radical (unpaired) electrons. The molecule has 2 aromatic heterocycles. The molecule has 40 heavy (non-hydrogen) atoms. The Labute approximate surface area is 244 Å². The third-order valence-electron chi connectivity index (χ3n) is 7.56. The van der Waals surface area contributed by atoms with Crippen molar-refractivity contribution in [2.75, 3.05) is 44.2 Å². The number of aryl methyl sites for hydroxylation is 2. The molecule has 0 bridgehead atoms. The first-order valence-electron chi connectivity index (χ1n) is 14.9. The van der Waals surface area contributed by atoms with E-state index in [2.05, 4.69) is 50.5 Å². The van der Waals surface area contributed by atoms with Crippen molar-refractivity contribution in [2.24, 2.45) is 11.8 Å². The van der Waals surface area contributed by atoms with E-state index in [1.54, 1.807) is 6.07 Å². The maximum Gasteiger partial charge on any atom is 0.253 e. The number of benzene rings is 1.